The maximum atomic E-state index is 11.6. The van der Waals surface area contributed by atoms with Crippen molar-refractivity contribution in [2.24, 2.45) is 0 Å². The molecule has 0 saturated carbocycles. The maximum Gasteiger partial charge on any atom is 0.326 e. The number of carbonyl (C=O) groups excluding carboxylic acids is 1. The van der Waals surface area contributed by atoms with Crippen LogP contribution in [0, 0.1) is 0 Å². The number of nitrogens with one attached hydrogen (secondary N) is 2. The molecule has 0 aromatic rings. The molecule has 0 bridgehead atoms. The third-order valence-corrected chi connectivity index (χ3v) is 3.59. The predicted molar refractivity (Wildman–Crippen MR) is 74.5 cm³/mol. The molecule has 0 aliphatic carbocycles. The van der Waals surface area contributed by atoms with Crippen molar-refractivity contribution in [1.82, 2.24) is 15.5 Å². The lowest BCUT2D eigenvalue weighted by atomic mass is 10.1. The highest BCUT2D eigenvalue weighted by Crippen LogP contribution is 2.11. The number of carbonyl (C=O) groups is 2. The summed E-state index contributed by atoms with van der Waals surface area (Å²) >= 11 is 0. The van der Waals surface area contributed by atoms with E-state index in [9.17, 15) is 9.59 Å². The highest BCUT2D eigenvalue weighted by Gasteiger charge is 2.20. The molecule has 7 nitrogen and oxygen atoms in total. The fourth-order valence-electron chi connectivity index (χ4n) is 2.32. The van der Waals surface area contributed by atoms with Crippen LogP contribution < -0.4 is 10.6 Å². The van der Waals surface area contributed by atoms with Gasteiger partial charge in [-0.15, -0.1) is 0 Å². The number of carboxylic acids is 1. The third-order valence-electron chi connectivity index (χ3n) is 3.59. The number of hydrogen-bond donors (Lipinski definition) is 4. The second kappa shape index (κ2) is 8.76. The molecule has 1 aliphatic heterocycles. The smallest absolute Gasteiger partial charge is 0.326 e. The lowest BCUT2D eigenvalue weighted by Crippen LogP contribution is -2.50. The molecule has 20 heavy (non-hydrogen) atoms. The molecule has 2 atom stereocenters. The summed E-state index contributed by atoms with van der Waals surface area (Å²) in [5.74, 6) is -1.14. The zero-order valence-corrected chi connectivity index (χ0v) is 12.0. The summed E-state index contributed by atoms with van der Waals surface area (Å²) in [6.45, 7) is 4.35. The van der Waals surface area contributed by atoms with Crippen molar-refractivity contribution >= 4 is 12.0 Å². The lowest BCUT2D eigenvalue weighted by molar-refractivity contribution is -0.139. The average Bonchev–Trinajstić information content (AvgIpc) is 2.45. The summed E-state index contributed by atoms with van der Waals surface area (Å²) in [7, 11) is 0. The quantitative estimate of drug-likeness (QED) is 0.528. The number of carboxylic acid groups (broad SMARTS) is 1. The van der Waals surface area contributed by atoms with Gasteiger partial charge in [0.25, 0.3) is 0 Å². The molecule has 1 fully saturated rings. The standard InChI is InChI=1S/C13H25N3O4/c1-10(16-6-3-2-4-7-16)9-14-13(20)15-11(5-8-17)12(18)19/h10-11,17H,2-9H2,1H3,(H,18,19)(H2,14,15,20)/t10?,11-/m1/s1. The van der Waals surface area contributed by atoms with Crippen LogP contribution >= 0.6 is 0 Å². The first-order chi connectivity index (χ1) is 9.54. The minimum Gasteiger partial charge on any atom is -0.480 e. The number of aliphatic hydroxyl groups excluding tert-OH is 1. The Morgan fingerprint density at radius 3 is 2.45 bits per heavy atom. The normalized spacial score (nSPS) is 19.1. The molecule has 0 radical (unpaired) electrons. The van der Waals surface area contributed by atoms with E-state index in [4.69, 9.17) is 10.2 Å². The Morgan fingerprint density at radius 1 is 1.25 bits per heavy atom. The molecule has 116 valence electrons. The van der Waals surface area contributed by atoms with E-state index in [2.05, 4.69) is 15.5 Å². The molecule has 1 unspecified atom stereocenters. The van der Waals surface area contributed by atoms with Gasteiger partial charge < -0.3 is 20.8 Å². The van der Waals surface area contributed by atoms with Crippen LogP contribution in [0.15, 0.2) is 0 Å². The van der Waals surface area contributed by atoms with E-state index < -0.39 is 18.0 Å². The maximum absolute atomic E-state index is 11.6. The van der Waals surface area contributed by atoms with Gasteiger partial charge in [-0.1, -0.05) is 6.42 Å². The van der Waals surface area contributed by atoms with Crippen molar-refractivity contribution in [2.45, 2.75) is 44.7 Å². The SMILES string of the molecule is CC(CNC(=O)N[C@H](CCO)C(=O)O)N1CCCCC1. The number of rotatable bonds is 7. The Labute approximate surface area is 119 Å². The van der Waals surface area contributed by atoms with Crippen LogP contribution in [0.1, 0.15) is 32.6 Å². The van der Waals surface area contributed by atoms with E-state index >= 15 is 0 Å². The summed E-state index contributed by atoms with van der Waals surface area (Å²) in [5, 5.41) is 22.7. The first-order valence-corrected chi connectivity index (χ1v) is 7.16. The van der Waals surface area contributed by atoms with Crippen molar-refractivity contribution in [1.29, 1.82) is 0 Å². The fourth-order valence-corrected chi connectivity index (χ4v) is 2.32. The van der Waals surface area contributed by atoms with Crippen molar-refractivity contribution in [2.75, 3.05) is 26.2 Å². The molecule has 1 heterocycles. The lowest BCUT2D eigenvalue weighted by Gasteiger charge is -2.32. The van der Waals surface area contributed by atoms with Crippen LogP contribution in [0.4, 0.5) is 4.79 Å². The Hall–Kier alpha value is -1.34. The van der Waals surface area contributed by atoms with Gasteiger partial charge in [-0.2, -0.15) is 0 Å². The highest BCUT2D eigenvalue weighted by atomic mass is 16.4. The van der Waals surface area contributed by atoms with Gasteiger partial charge in [-0.3, -0.25) is 4.90 Å². The van der Waals surface area contributed by atoms with E-state index in [-0.39, 0.29) is 19.1 Å². The van der Waals surface area contributed by atoms with Gasteiger partial charge in [0.1, 0.15) is 6.04 Å². The van der Waals surface area contributed by atoms with Gasteiger partial charge in [0.2, 0.25) is 0 Å². The molecule has 1 rings (SSSR count). The van der Waals surface area contributed by atoms with Crippen LogP contribution in [-0.2, 0) is 4.79 Å². The third kappa shape index (κ3) is 5.75. The van der Waals surface area contributed by atoms with Crippen LogP contribution in [-0.4, -0.2) is 65.4 Å². The van der Waals surface area contributed by atoms with E-state index in [1.54, 1.807) is 0 Å². The van der Waals surface area contributed by atoms with Gasteiger partial charge in [-0.05, 0) is 32.9 Å². The van der Waals surface area contributed by atoms with Crippen LogP contribution in [0.25, 0.3) is 0 Å². The van der Waals surface area contributed by atoms with Gasteiger partial charge in [0.05, 0.1) is 0 Å². The number of aliphatic hydroxyl groups is 1. The van der Waals surface area contributed by atoms with Crippen molar-refractivity contribution in [3.63, 3.8) is 0 Å². The molecular weight excluding hydrogens is 262 g/mol. The number of likely N-dealkylation sites (tertiary alicyclic amines) is 1. The monoisotopic (exact) mass is 287 g/mol. The van der Waals surface area contributed by atoms with E-state index in [0.717, 1.165) is 13.1 Å². The first kappa shape index (κ1) is 16.7. The summed E-state index contributed by atoms with van der Waals surface area (Å²) in [6, 6.07) is -1.32. The van der Waals surface area contributed by atoms with E-state index in [1.165, 1.54) is 19.3 Å². The van der Waals surface area contributed by atoms with Crippen molar-refractivity contribution < 1.29 is 19.8 Å². The summed E-state index contributed by atoms with van der Waals surface area (Å²) in [5.41, 5.74) is 0. The topological polar surface area (TPSA) is 102 Å². The fraction of sp³-hybridized carbons (Fsp3) is 0.846. The predicted octanol–water partition coefficient (Wildman–Crippen LogP) is -0.00440. The average molecular weight is 287 g/mol. The minimum atomic E-state index is -1.14. The molecule has 0 aromatic carbocycles. The van der Waals surface area contributed by atoms with Gasteiger partial charge in [-0.25, -0.2) is 9.59 Å². The molecule has 7 heteroatoms. The molecule has 2 amide bonds. The van der Waals surface area contributed by atoms with E-state index in [1.807, 2.05) is 6.92 Å². The molecule has 0 aromatic heterocycles. The summed E-state index contributed by atoms with van der Waals surface area (Å²) in [6.07, 6.45) is 3.64. The molecule has 1 aliphatic rings. The van der Waals surface area contributed by atoms with Gasteiger partial charge in [0.15, 0.2) is 0 Å². The zero-order chi connectivity index (χ0) is 15.0. The molecule has 1 saturated heterocycles. The Morgan fingerprint density at radius 2 is 1.90 bits per heavy atom. The van der Waals surface area contributed by atoms with Crippen molar-refractivity contribution in [3.05, 3.63) is 0 Å². The first-order valence-electron chi connectivity index (χ1n) is 7.16. The number of amides is 2. The number of aliphatic carboxylic acids is 1. The van der Waals surface area contributed by atoms with Gasteiger partial charge >= 0.3 is 12.0 Å². The molecule has 0 spiro atoms. The Kier molecular flexibility index (Phi) is 7.32. The van der Waals surface area contributed by atoms with E-state index in [0.29, 0.717) is 6.54 Å². The van der Waals surface area contributed by atoms with Crippen LogP contribution in [0.3, 0.4) is 0 Å². The van der Waals surface area contributed by atoms with Crippen LogP contribution in [0.2, 0.25) is 0 Å². The van der Waals surface area contributed by atoms with Crippen molar-refractivity contribution in [3.8, 4) is 0 Å². The summed E-state index contributed by atoms with van der Waals surface area (Å²) in [4.78, 5) is 24.8. The number of hydrogen-bond acceptors (Lipinski definition) is 4. The van der Waals surface area contributed by atoms with Gasteiger partial charge in [0, 0.05) is 25.6 Å². The highest BCUT2D eigenvalue weighted by molar-refractivity contribution is 5.82. The number of piperidine rings is 1. The number of nitrogens with zero attached hydrogens (tertiary/aromatic N) is 1. The van der Waals surface area contributed by atoms with Crippen LogP contribution in [0.5, 0.6) is 0 Å². The summed E-state index contributed by atoms with van der Waals surface area (Å²) < 4.78 is 0. The Balaban J connectivity index is 2.28. The zero-order valence-electron chi connectivity index (χ0n) is 12.0. The molecular formula is C13H25N3O4. The minimum absolute atomic E-state index is 0.00440. The second-order valence-electron chi connectivity index (χ2n) is 5.20. The largest absolute Gasteiger partial charge is 0.480 e. The molecule has 4 N–H and O–H groups in total. The Bertz CT molecular complexity index is 319. The number of urea groups is 1. The second-order valence-corrected chi connectivity index (χ2v) is 5.20.